The summed E-state index contributed by atoms with van der Waals surface area (Å²) in [6.45, 7) is 2.88. The molecule has 7 heteroatoms. The van der Waals surface area contributed by atoms with Crippen molar-refractivity contribution >= 4 is 28.8 Å². The summed E-state index contributed by atoms with van der Waals surface area (Å²) < 4.78 is 0. The molecule has 3 amide bonds. The molecule has 3 fully saturated rings. The van der Waals surface area contributed by atoms with Gasteiger partial charge in [0.15, 0.2) is 0 Å². The lowest BCUT2D eigenvalue weighted by Crippen LogP contribution is -2.49. The van der Waals surface area contributed by atoms with E-state index in [-0.39, 0.29) is 35.4 Å². The number of imide groups is 1. The molecule has 1 aromatic rings. The lowest BCUT2D eigenvalue weighted by atomic mass is 9.94. The molecule has 27 heavy (non-hydrogen) atoms. The molecule has 0 unspecified atom stereocenters. The van der Waals surface area contributed by atoms with E-state index >= 15 is 0 Å². The first kappa shape index (κ1) is 18.5. The molecule has 0 radical (unpaired) electrons. The van der Waals surface area contributed by atoms with Crippen LogP contribution >= 0.6 is 11.8 Å². The first-order valence-electron chi connectivity index (χ1n) is 9.60. The van der Waals surface area contributed by atoms with Gasteiger partial charge < -0.3 is 10.2 Å². The monoisotopic (exact) mass is 387 g/mol. The van der Waals surface area contributed by atoms with Gasteiger partial charge in [0.2, 0.25) is 11.8 Å². The molecule has 144 valence electrons. The van der Waals surface area contributed by atoms with Gasteiger partial charge in [-0.25, -0.2) is 0 Å². The molecular weight excluding hydrogens is 362 g/mol. The Bertz CT molecular complexity index is 711. The predicted molar refractivity (Wildman–Crippen MR) is 105 cm³/mol. The van der Waals surface area contributed by atoms with Crippen LogP contribution in [-0.4, -0.2) is 64.8 Å². The van der Waals surface area contributed by atoms with Gasteiger partial charge in [-0.3, -0.25) is 19.3 Å². The van der Waals surface area contributed by atoms with E-state index in [0.29, 0.717) is 5.41 Å². The quantitative estimate of drug-likeness (QED) is 0.808. The van der Waals surface area contributed by atoms with Crippen LogP contribution in [0.25, 0.3) is 0 Å². The molecule has 2 aliphatic heterocycles. The van der Waals surface area contributed by atoms with Crippen LogP contribution in [-0.2, 0) is 15.0 Å². The molecule has 6 nitrogen and oxygen atoms in total. The minimum Gasteiger partial charge on any atom is -0.352 e. The third kappa shape index (κ3) is 4.19. The summed E-state index contributed by atoms with van der Waals surface area (Å²) in [5, 5.41) is 2.68. The number of rotatable bonds is 6. The van der Waals surface area contributed by atoms with Crippen molar-refractivity contribution in [1.82, 2.24) is 15.1 Å². The standard InChI is InChI=1S/C20H25N3O3S/c24-17(12-23-18(25)13-27-19(23)26)21-16-6-10-22(11-7-16)14-20(8-9-20)15-4-2-1-3-5-15/h1-5,16H,6-14H2,(H,21,24). The van der Waals surface area contributed by atoms with Crippen molar-refractivity contribution in [3.8, 4) is 0 Å². The van der Waals surface area contributed by atoms with Gasteiger partial charge in [0, 0.05) is 31.1 Å². The van der Waals surface area contributed by atoms with Gasteiger partial charge in [-0.15, -0.1) is 0 Å². The molecule has 4 rings (SSSR count). The number of carbonyl (C=O) groups is 3. The molecule has 0 spiro atoms. The topological polar surface area (TPSA) is 69.7 Å². The van der Waals surface area contributed by atoms with Gasteiger partial charge in [-0.05, 0) is 31.2 Å². The fourth-order valence-electron chi connectivity index (χ4n) is 4.09. The second-order valence-corrected chi connectivity index (χ2v) is 8.73. The summed E-state index contributed by atoms with van der Waals surface area (Å²) in [5.74, 6) is -0.362. The maximum atomic E-state index is 12.2. The number of nitrogens with zero attached hydrogens (tertiary/aromatic N) is 2. The summed E-state index contributed by atoms with van der Waals surface area (Å²) in [7, 11) is 0. The highest BCUT2D eigenvalue weighted by Crippen LogP contribution is 2.48. The van der Waals surface area contributed by atoms with Crippen LogP contribution in [0.15, 0.2) is 30.3 Å². The smallest absolute Gasteiger partial charge is 0.289 e. The first-order chi connectivity index (χ1) is 13.1. The lowest BCUT2D eigenvalue weighted by molar-refractivity contribution is -0.130. The predicted octanol–water partition coefficient (Wildman–Crippen LogP) is 1.99. The van der Waals surface area contributed by atoms with Crippen LogP contribution in [0.1, 0.15) is 31.2 Å². The highest BCUT2D eigenvalue weighted by atomic mass is 32.2. The number of nitrogens with one attached hydrogen (secondary N) is 1. The van der Waals surface area contributed by atoms with Gasteiger partial charge in [0.1, 0.15) is 6.54 Å². The first-order valence-corrected chi connectivity index (χ1v) is 10.6. The summed E-state index contributed by atoms with van der Waals surface area (Å²) in [5.41, 5.74) is 1.77. The molecule has 2 saturated heterocycles. The fourth-order valence-corrected chi connectivity index (χ4v) is 4.82. The number of thioether (sulfide) groups is 1. The summed E-state index contributed by atoms with van der Waals surface area (Å²) in [6.07, 6.45) is 4.33. The number of likely N-dealkylation sites (tertiary alicyclic amines) is 1. The van der Waals surface area contributed by atoms with Crippen molar-refractivity contribution in [3.05, 3.63) is 35.9 Å². The normalized spacial score (nSPS) is 22.9. The molecular formula is C20H25N3O3S. The zero-order chi connectivity index (χ0) is 18.9. The minimum absolute atomic E-state index is 0.126. The molecule has 0 aromatic heterocycles. The van der Waals surface area contributed by atoms with Crippen molar-refractivity contribution < 1.29 is 14.4 Å². The Kier molecular flexibility index (Phi) is 5.23. The Morgan fingerprint density at radius 1 is 1.15 bits per heavy atom. The highest BCUT2D eigenvalue weighted by Gasteiger charge is 2.45. The molecule has 2 heterocycles. The Balaban J connectivity index is 1.23. The van der Waals surface area contributed by atoms with Gasteiger partial charge in [0.25, 0.3) is 5.24 Å². The molecule has 3 aliphatic rings. The van der Waals surface area contributed by atoms with E-state index in [9.17, 15) is 14.4 Å². The van der Waals surface area contributed by atoms with Gasteiger partial charge in [-0.2, -0.15) is 0 Å². The molecule has 1 saturated carbocycles. The van der Waals surface area contributed by atoms with Crippen LogP contribution in [0.4, 0.5) is 4.79 Å². The van der Waals surface area contributed by atoms with Crippen LogP contribution in [0.2, 0.25) is 0 Å². The number of hydrogen-bond acceptors (Lipinski definition) is 5. The van der Waals surface area contributed by atoms with Crippen molar-refractivity contribution in [3.63, 3.8) is 0 Å². The average molecular weight is 388 g/mol. The van der Waals surface area contributed by atoms with Crippen molar-refractivity contribution in [2.45, 2.75) is 37.1 Å². The van der Waals surface area contributed by atoms with E-state index in [1.165, 1.54) is 18.4 Å². The Morgan fingerprint density at radius 3 is 2.44 bits per heavy atom. The molecule has 0 atom stereocenters. The largest absolute Gasteiger partial charge is 0.352 e. The lowest BCUT2D eigenvalue weighted by Gasteiger charge is -2.35. The average Bonchev–Trinajstić information content (AvgIpc) is 3.40. The zero-order valence-electron chi connectivity index (χ0n) is 15.4. The van der Waals surface area contributed by atoms with Gasteiger partial charge >= 0.3 is 0 Å². The van der Waals surface area contributed by atoms with Crippen LogP contribution in [0, 0.1) is 0 Å². The highest BCUT2D eigenvalue weighted by molar-refractivity contribution is 8.14. The van der Waals surface area contributed by atoms with Crippen LogP contribution in [0.3, 0.4) is 0 Å². The maximum Gasteiger partial charge on any atom is 0.289 e. The second kappa shape index (κ2) is 7.64. The van der Waals surface area contributed by atoms with E-state index < -0.39 is 0 Å². The summed E-state index contributed by atoms with van der Waals surface area (Å²) >= 11 is 0.962. The summed E-state index contributed by atoms with van der Waals surface area (Å²) in [4.78, 5) is 38.9. The van der Waals surface area contributed by atoms with Crippen molar-refractivity contribution in [2.24, 2.45) is 0 Å². The van der Waals surface area contributed by atoms with Gasteiger partial charge in [0.05, 0.1) is 5.75 Å². The van der Waals surface area contributed by atoms with E-state index in [4.69, 9.17) is 0 Å². The second-order valence-electron chi connectivity index (χ2n) is 7.80. The molecule has 1 aliphatic carbocycles. The zero-order valence-corrected chi connectivity index (χ0v) is 16.2. The Hall–Kier alpha value is -1.86. The van der Waals surface area contributed by atoms with E-state index in [0.717, 1.165) is 49.1 Å². The molecule has 1 N–H and O–H groups in total. The third-order valence-corrected chi connectivity index (χ3v) is 6.72. The number of amides is 3. The third-order valence-electron chi connectivity index (χ3n) is 5.86. The van der Waals surface area contributed by atoms with Crippen LogP contribution < -0.4 is 5.32 Å². The van der Waals surface area contributed by atoms with Crippen LogP contribution in [0.5, 0.6) is 0 Å². The van der Waals surface area contributed by atoms with Gasteiger partial charge in [-0.1, -0.05) is 42.1 Å². The van der Waals surface area contributed by atoms with E-state index in [1.54, 1.807) is 0 Å². The summed E-state index contributed by atoms with van der Waals surface area (Å²) in [6, 6.07) is 10.9. The maximum absolute atomic E-state index is 12.2. The SMILES string of the molecule is O=C(CN1C(=O)CSC1=O)NC1CCN(CC2(c3ccccc3)CC2)CC1. The van der Waals surface area contributed by atoms with Crippen molar-refractivity contribution in [2.75, 3.05) is 31.9 Å². The number of hydrogen-bond donors (Lipinski definition) is 1. The van der Waals surface area contributed by atoms with Crippen molar-refractivity contribution in [1.29, 1.82) is 0 Å². The molecule has 0 bridgehead atoms. The van der Waals surface area contributed by atoms with E-state index in [1.807, 2.05) is 0 Å². The fraction of sp³-hybridized carbons (Fsp3) is 0.550. The number of carbonyl (C=O) groups excluding carboxylic acids is 3. The van der Waals surface area contributed by atoms with E-state index in [2.05, 4.69) is 40.5 Å². The minimum atomic E-state index is -0.319. The Morgan fingerprint density at radius 2 is 1.85 bits per heavy atom. The number of piperidine rings is 1. The molecule has 1 aromatic carbocycles. The Labute approximate surface area is 163 Å². The number of benzene rings is 1.